The summed E-state index contributed by atoms with van der Waals surface area (Å²) in [5.41, 5.74) is 0. The highest BCUT2D eigenvalue weighted by Crippen LogP contribution is 2.10. The summed E-state index contributed by atoms with van der Waals surface area (Å²) in [6, 6.07) is 0.752. The van der Waals surface area contributed by atoms with Crippen molar-refractivity contribution >= 4 is 11.8 Å². The minimum atomic E-state index is 0.752. The van der Waals surface area contributed by atoms with Crippen molar-refractivity contribution in [3.8, 4) is 0 Å². The molecule has 2 N–H and O–H groups in total. The third-order valence-electron chi connectivity index (χ3n) is 3.55. The van der Waals surface area contributed by atoms with E-state index >= 15 is 0 Å². The lowest BCUT2D eigenvalue weighted by Gasteiger charge is -2.23. The number of unbranched alkanes of at least 4 members (excludes halogenated alkanes) is 3. The molecule has 0 aromatic heterocycles. The van der Waals surface area contributed by atoms with Gasteiger partial charge in [0.15, 0.2) is 0 Å². The first kappa shape index (κ1) is 16.3. The van der Waals surface area contributed by atoms with Crippen LogP contribution in [0.1, 0.15) is 52.4 Å². The van der Waals surface area contributed by atoms with Gasteiger partial charge < -0.3 is 10.6 Å². The summed E-state index contributed by atoms with van der Waals surface area (Å²) >= 11 is 2.09. The van der Waals surface area contributed by atoms with Crippen LogP contribution in [0.15, 0.2) is 0 Å². The lowest BCUT2D eigenvalue weighted by atomic mass is 10.0. The molecule has 0 aromatic carbocycles. The third-order valence-corrected chi connectivity index (χ3v) is 4.68. The van der Waals surface area contributed by atoms with Gasteiger partial charge in [-0.2, -0.15) is 11.8 Å². The van der Waals surface area contributed by atoms with E-state index in [0.717, 1.165) is 12.0 Å². The van der Waals surface area contributed by atoms with Crippen LogP contribution in [-0.2, 0) is 0 Å². The van der Waals surface area contributed by atoms with Crippen molar-refractivity contribution in [3.63, 3.8) is 0 Å². The minimum Gasteiger partial charge on any atom is -0.317 e. The van der Waals surface area contributed by atoms with E-state index < -0.39 is 0 Å². The minimum absolute atomic E-state index is 0.752. The van der Waals surface area contributed by atoms with E-state index in [0.29, 0.717) is 0 Å². The van der Waals surface area contributed by atoms with Gasteiger partial charge >= 0.3 is 0 Å². The maximum atomic E-state index is 3.59. The van der Waals surface area contributed by atoms with E-state index in [1.54, 1.807) is 0 Å². The van der Waals surface area contributed by atoms with Gasteiger partial charge in [-0.25, -0.2) is 0 Å². The Morgan fingerprint density at radius 2 is 2.00 bits per heavy atom. The molecule has 1 aliphatic rings. The SMILES string of the molecule is CC(C)CCCCCCNCCC1CSCCN1. The van der Waals surface area contributed by atoms with Gasteiger partial charge in [0.2, 0.25) is 0 Å². The molecular formula is C15H32N2S. The maximum absolute atomic E-state index is 3.59. The Balaban J connectivity index is 1.75. The summed E-state index contributed by atoms with van der Waals surface area (Å²) in [7, 11) is 0. The zero-order valence-electron chi connectivity index (χ0n) is 12.3. The predicted molar refractivity (Wildman–Crippen MR) is 84.5 cm³/mol. The molecule has 3 heteroatoms. The smallest absolute Gasteiger partial charge is 0.0170 e. The van der Waals surface area contributed by atoms with Crippen molar-refractivity contribution in [2.24, 2.45) is 5.92 Å². The quantitative estimate of drug-likeness (QED) is 0.597. The standard InChI is InChI=1S/C15H32N2S/c1-14(2)7-5-3-4-6-9-16-10-8-15-13-18-12-11-17-15/h14-17H,3-13H2,1-2H3. The van der Waals surface area contributed by atoms with Crippen LogP contribution in [0.4, 0.5) is 0 Å². The first-order valence-corrected chi connectivity index (χ1v) is 8.96. The van der Waals surface area contributed by atoms with E-state index in [4.69, 9.17) is 0 Å². The fourth-order valence-electron chi connectivity index (χ4n) is 2.36. The number of nitrogens with one attached hydrogen (secondary N) is 2. The van der Waals surface area contributed by atoms with Crippen molar-refractivity contribution < 1.29 is 0 Å². The number of hydrogen-bond donors (Lipinski definition) is 2. The van der Waals surface area contributed by atoms with Crippen LogP contribution in [0.5, 0.6) is 0 Å². The zero-order valence-corrected chi connectivity index (χ0v) is 13.2. The normalized spacial score (nSPS) is 20.5. The molecule has 2 nitrogen and oxygen atoms in total. The maximum Gasteiger partial charge on any atom is 0.0170 e. The molecule has 1 fully saturated rings. The van der Waals surface area contributed by atoms with E-state index in [-0.39, 0.29) is 0 Å². The van der Waals surface area contributed by atoms with Crippen molar-refractivity contribution in [3.05, 3.63) is 0 Å². The van der Waals surface area contributed by atoms with Crippen molar-refractivity contribution in [2.75, 3.05) is 31.1 Å². The molecule has 1 unspecified atom stereocenters. The molecule has 0 amide bonds. The first-order valence-electron chi connectivity index (χ1n) is 7.81. The molecular weight excluding hydrogens is 240 g/mol. The Morgan fingerprint density at radius 1 is 1.17 bits per heavy atom. The molecule has 1 atom stereocenters. The average molecular weight is 273 g/mol. The summed E-state index contributed by atoms with van der Waals surface area (Å²) in [5, 5.41) is 7.17. The topological polar surface area (TPSA) is 24.1 Å². The van der Waals surface area contributed by atoms with Gasteiger partial charge in [0, 0.05) is 24.1 Å². The summed E-state index contributed by atoms with van der Waals surface area (Å²) in [6.45, 7) is 8.23. The Kier molecular flexibility index (Phi) is 10.1. The van der Waals surface area contributed by atoms with Crippen LogP contribution in [-0.4, -0.2) is 37.2 Å². The molecule has 1 saturated heterocycles. The van der Waals surface area contributed by atoms with Gasteiger partial charge in [-0.3, -0.25) is 0 Å². The van der Waals surface area contributed by atoms with Gasteiger partial charge in [-0.1, -0.05) is 39.5 Å². The van der Waals surface area contributed by atoms with Crippen LogP contribution in [0, 0.1) is 5.92 Å². The van der Waals surface area contributed by atoms with E-state index in [2.05, 4.69) is 36.2 Å². The Morgan fingerprint density at radius 3 is 2.72 bits per heavy atom. The number of thioether (sulfide) groups is 1. The van der Waals surface area contributed by atoms with Crippen LogP contribution >= 0.6 is 11.8 Å². The summed E-state index contributed by atoms with van der Waals surface area (Å²) < 4.78 is 0. The van der Waals surface area contributed by atoms with Crippen molar-refractivity contribution in [1.29, 1.82) is 0 Å². The van der Waals surface area contributed by atoms with Crippen LogP contribution in [0.25, 0.3) is 0 Å². The Labute approximate surface area is 118 Å². The second kappa shape index (κ2) is 11.1. The van der Waals surface area contributed by atoms with E-state index in [1.807, 2.05) is 0 Å². The highest BCUT2D eigenvalue weighted by atomic mass is 32.2. The molecule has 0 aliphatic carbocycles. The first-order chi connectivity index (χ1) is 8.79. The highest BCUT2D eigenvalue weighted by Gasteiger charge is 2.11. The van der Waals surface area contributed by atoms with Gasteiger partial charge in [-0.05, 0) is 31.8 Å². The molecule has 0 radical (unpaired) electrons. The van der Waals surface area contributed by atoms with Gasteiger partial charge in [0.1, 0.15) is 0 Å². The molecule has 1 heterocycles. The van der Waals surface area contributed by atoms with Crippen LogP contribution < -0.4 is 10.6 Å². The van der Waals surface area contributed by atoms with Crippen molar-refractivity contribution in [1.82, 2.24) is 10.6 Å². The lowest BCUT2D eigenvalue weighted by molar-refractivity contribution is 0.487. The molecule has 1 rings (SSSR count). The summed E-state index contributed by atoms with van der Waals surface area (Å²) in [5.74, 6) is 3.47. The monoisotopic (exact) mass is 272 g/mol. The second-order valence-corrected chi connectivity index (χ2v) is 7.01. The molecule has 0 bridgehead atoms. The number of hydrogen-bond acceptors (Lipinski definition) is 3. The fraction of sp³-hybridized carbons (Fsp3) is 1.00. The molecule has 0 aromatic rings. The van der Waals surface area contributed by atoms with Crippen molar-refractivity contribution in [2.45, 2.75) is 58.4 Å². The van der Waals surface area contributed by atoms with Crippen LogP contribution in [0.3, 0.4) is 0 Å². The van der Waals surface area contributed by atoms with Gasteiger partial charge in [-0.15, -0.1) is 0 Å². The fourth-order valence-corrected chi connectivity index (χ4v) is 3.36. The Bertz CT molecular complexity index is 179. The number of rotatable bonds is 10. The zero-order chi connectivity index (χ0) is 13.1. The average Bonchev–Trinajstić information content (AvgIpc) is 2.37. The summed E-state index contributed by atoms with van der Waals surface area (Å²) in [4.78, 5) is 0. The molecule has 0 saturated carbocycles. The largest absolute Gasteiger partial charge is 0.317 e. The predicted octanol–water partition coefficient (Wildman–Crippen LogP) is 3.28. The molecule has 1 aliphatic heterocycles. The summed E-state index contributed by atoms with van der Waals surface area (Å²) in [6.07, 6.45) is 8.28. The van der Waals surface area contributed by atoms with Crippen LogP contribution in [0.2, 0.25) is 0 Å². The van der Waals surface area contributed by atoms with Gasteiger partial charge in [0.05, 0.1) is 0 Å². The van der Waals surface area contributed by atoms with E-state index in [9.17, 15) is 0 Å². The Hall–Kier alpha value is 0.270. The second-order valence-electron chi connectivity index (χ2n) is 5.86. The van der Waals surface area contributed by atoms with E-state index in [1.165, 1.54) is 69.7 Å². The lowest BCUT2D eigenvalue weighted by Crippen LogP contribution is -2.39. The van der Waals surface area contributed by atoms with Gasteiger partial charge in [0.25, 0.3) is 0 Å². The highest BCUT2D eigenvalue weighted by molar-refractivity contribution is 7.99. The molecule has 108 valence electrons. The third kappa shape index (κ3) is 9.23. The molecule has 18 heavy (non-hydrogen) atoms. The molecule has 0 spiro atoms.